The third kappa shape index (κ3) is 3.60. The van der Waals surface area contributed by atoms with Crippen molar-refractivity contribution in [3.63, 3.8) is 0 Å². The summed E-state index contributed by atoms with van der Waals surface area (Å²) in [6, 6.07) is 8.66. The number of nitrogens with zero attached hydrogens (tertiary/aromatic N) is 2. The summed E-state index contributed by atoms with van der Waals surface area (Å²) in [5.74, 6) is -0.936. The predicted octanol–water partition coefficient (Wildman–Crippen LogP) is 2.56. The minimum Gasteiger partial charge on any atom is -0.393 e. The molecule has 2 unspecified atom stereocenters. The Morgan fingerprint density at radius 1 is 1.28 bits per heavy atom. The van der Waals surface area contributed by atoms with E-state index in [4.69, 9.17) is 17.3 Å². The summed E-state index contributed by atoms with van der Waals surface area (Å²) in [4.78, 5) is 26.5. The van der Waals surface area contributed by atoms with Crippen molar-refractivity contribution in [3.05, 3.63) is 45.5 Å². The van der Waals surface area contributed by atoms with Gasteiger partial charge >= 0.3 is 6.03 Å². The number of carbonyl (C=O) groups is 2. The molecular formula is C17H17ClN4O2S. The molecule has 130 valence electrons. The summed E-state index contributed by atoms with van der Waals surface area (Å²) in [6.45, 7) is 1.31. The second-order valence-electron chi connectivity index (χ2n) is 5.95. The van der Waals surface area contributed by atoms with Crippen LogP contribution in [0.5, 0.6) is 0 Å². The Kier molecular flexibility index (Phi) is 5.21. The number of hydrogen-bond acceptors (Lipinski definition) is 5. The minimum absolute atomic E-state index is 0.316. The van der Waals surface area contributed by atoms with Crippen LogP contribution in [0.1, 0.15) is 24.3 Å². The third-order valence-electron chi connectivity index (χ3n) is 4.36. The molecule has 6 nitrogen and oxygen atoms in total. The zero-order valence-electron chi connectivity index (χ0n) is 13.4. The lowest BCUT2D eigenvalue weighted by Gasteiger charge is -2.21. The van der Waals surface area contributed by atoms with Crippen molar-refractivity contribution in [3.8, 4) is 6.07 Å². The molecule has 0 aliphatic carbocycles. The molecular weight excluding hydrogens is 360 g/mol. The summed E-state index contributed by atoms with van der Waals surface area (Å²) in [7, 11) is 0. The first-order chi connectivity index (χ1) is 12.0. The number of halogens is 1. The van der Waals surface area contributed by atoms with E-state index in [9.17, 15) is 14.9 Å². The van der Waals surface area contributed by atoms with E-state index >= 15 is 0 Å². The molecule has 1 aromatic carbocycles. The first-order valence-corrected chi connectivity index (χ1v) is 9.18. The number of rotatable bonds is 2. The lowest BCUT2D eigenvalue weighted by atomic mass is 9.89. The van der Waals surface area contributed by atoms with Gasteiger partial charge in [0.05, 0.1) is 16.7 Å². The number of nitrogens with two attached hydrogens (primary N) is 1. The monoisotopic (exact) mass is 376 g/mol. The molecule has 0 aromatic heterocycles. The zero-order chi connectivity index (χ0) is 18.0. The maximum Gasteiger partial charge on any atom is 0.324 e. The first kappa shape index (κ1) is 17.6. The highest BCUT2D eigenvalue weighted by Gasteiger charge is 2.41. The highest BCUT2D eigenvalue weighted by Crippen LogP contribution is 2.45. The molecule has 1 fully saturated rings. The van der Waals surface area contributed by atoms with Gasteiger partial charge < -0.3 is 10.6 Å². The van der Waals surface area contributed by atoms with Gasteiger partial charge in [0.1, 0.15) is 5.25 Å². The van der Waals surface area contributed by atoms with E-state index in [2.05, 4.69) is 11.4 Å². The zero-order valence-corrected chi connectivity index (χ0v) is 14.9. The van der Waals surface area contributed by atoms with Gasteiger partial charge in [-0.15, -0.1) is 0 Å². The third-order valence-corrected chi connectivity index (χ3v) is 5.83. The highest BCUT2D eigenvalue weighted by molar-refractivity contribution is 8.04. The average molecular weight is 377 g/mol. The molecule has 2 aliphatic rings. The van der Waals surface area contributed by atoms with Crippen LogP contribution in [0.25, 0.3) is 0 Å². The van der Waals surface area contributed by atoms with Crippen LogP contribution in [-0.2, 0) is 4.79 Å². The Hall–Kier alpha value is -2.17. The minimum atomic E-state index is -0.664. The van der Waals surface area contributed by atoms with Crippen LogP contribution in [0, 0.1) is 11.3 Å². The lowest BCUT2D eigenvalue weighted by molar-refractivity contribution is -0.119. The first-order valence-electron chi connectivity index (χ1n) is 7.93. The number of carbonyl (C=O) groups excluding carboxylic acids is 2. The Labute approximate surface area is 155 Å². The summed E-state index contributed by atoms with van der Waals surface area (Å²) in [6.07, 6.45) is 1.89. The molecule has 2 atom stereocenters. The fourth-order valence-corrected chi connectivity index (χ4v) is 4.38. The number of urea groups is 1. The summed E-state index contributed by atoms with van der Waals surface area (Å²) in [5, 5.41) is 12.1. The van der Waals surface area contributed by atoms with E-state index in [1.165, 1.54) is 0 Å². The molecule has 0 bridgehead atoms. The molecule has 25 heavy (non-hydrogen) atoms. The number of benzene rings is 1. The van der Waals surface area contributed by atoms with Crippen LogP contribution in [0.2, 0.25) is 5.02 Å². The van der Waals surface area contributed by atoms with Crippen LogP contribution in [0.4, 0.5) is 4.79 Å². The van der Waals surface area contributed by atoms with Crippen LogP contribution >= 0.6 is 23.4 Å². The number of imide groups is 1. The van der Waals surface area contributed by atoms with E-state index in [0.717, 1.165) is 30.2 Å². The topological polar surface area (TPSA) is 99.2 Å². The Morgan fingerprint density at radius 2 is 1.92 bits per heavy atom. The normalized spacial score (nSPS) is 22.8. The lowest BCUT2D eigenvalue weighted by Crippen LogP contribution is -2.45. The summed E-state index contributed by atoms with van der Waals surface area (Å²) in [5.41, 5.74) is 7.06. The van der Waals surface area contributed by atoms with Crippen molar-refractivity contribution >= 4 is 35.3 Å². The molecule has 2 aliphatic heterocycles. The average Bonchev–Trinajstić information content (AvgIpc) is 3.23. The Bertz CT molecular complexity index is 766. The van der Waals surface area contributed by atoms with Crippen molar-refractivity contribution in [1.29, 1.82) is 5.26 Å². The van der Waals surface area contributed by atoms with Crippen molar-refractivity contribution in [2.75, 3.05) is 13.1 Å². The maximum atomic E-state index is 12.7. The van der Waals surface area contributed by atoms with Crippen LogP contribution in [0.15, 0.2) is 34.9 Å². The van der Waals surface area contributed by atoms with Crippen molar-refractivity contribution in [2.45, 2.75) is 24.0 Å². The fraction of sp³-hybridized carbons (Fsp3) is 0.353. The smallest absolute Gasteiger partial charge is 0.324 e. The van der Waals surface area contributed by atoms with Crippen LogP contribution in [-0.4, -0.2) is 35.2 Å². The molecule has 2 heterocycles. The van der Waals surface area contributed by atoms with Gasteiger partial charge in [-0.25, -0.2) is 4.79 Å². The van der Waals surface area contributed by atoms with Crippen molar-refractivity contribution in [1.82, 2.24) is 10.2 Å². The Morgan fingerprint density at radius 3 is 2.52 bits per heavy atom. The number of hydrogen-bond donors (Lipinski definition) is 2. The van der Waals surface area contributed by atoms with Gasteiger partial charge in [-0.2, -0.15) is 5.26 Å². The molecule has 0 saturated carbocycles. The van der Waals surface area contributed by atoms with Crippen molar-refractivity contribution < 1.29 is 9.59 Å². The molecule has 1 aromatic rings. The largest absolute Gasteiger partial charge is 0.393 e. The van der Waals surface area contributed by atoms with E-state index in [-0.39, 0.29) is 6.03 Å². The number of nitrogens with one attached hydrogen (secondary N) is 1. The fourth-order valence-electron chi connectivity index (χ4n) is 3.09. The van der Waals surface area contributed by atoms with E-state index < -0.39 is 17.1 Å². The van der Waals surface area contributed by atoms with Gasteiger partial charge in [0.25, 0.3) is 0 Å². The van der Waals surface area contributed by atoms with Gasteiger partial charge in [-0.3, -0.25) is 10.1 Å². The summed E-state index contributed by atoms with van der Waals surface area (Å²) < 4.78 is 0. The molecule has 3 amide bonds. The number of allylic oxidation sites excluding steroid dienone is 1. The van der Waals surface area contributed by atoms with Crippen molar-refractivity contribution in [2.24, 2.45) is 5.73 Å². The SMILES string of the molecule is N#CC1=C(N)SC(C(=O)NC(=O)N2CCCC2)C1c1ccc(Cl)cc1. The van der Waals surface area contributed by atoms with Gasteiger partial charge in [0.15, 0.2) is 0 Å². The van der Waals surface area contributed by atoms with Gasteiger partial charge in [0, 0.05) is 24.0 Å². The number of likely N-dealkylation sites (tertiary alicyclic amines) is 1. The van der Waals surface area contributed by atoms with E-state index in [1.807, 2.05) is 0 Å². The van der Waals surface area contributed by atoms with Crippen LogP contribution in [0.3, 0.4) is 0 Å². The summed E-state index contributed by atoms with van der Waals surface area (Å²) >= 11 is 7.04. The maximum absolute atomic E-state index is 12.7. The second-order valence-corrected chi connectivity index (χ2v) is 7.57. The van der Waals surface area contributed by atoms with Gasteiger partial charge in [-0.05, 0) is 30.5 Å². The highest BCUT2D eigenvalue weighted by atomic mass is 35.5. The molecule has 3 rings (SSSR count). The quantitative estimate of drug-likeness (QED) is 0.826. The number of amides is 3. The molecule has 0 radical (unpaired) electrons. The second kappa shape index (κ2) is 7.38. The number of nitriles is 1. The standard InChI is InChI=1S/C17H17ClN4O2S/c18-11-5-3-10(4-6-11)13-12(9-19)15(20)25-14(13)16(23)21-17(24)22-7-1-2-8-22/h3-6,13-14H,1-2,7-8,20H2,(H,21,23,24). The number of thioether (sulfide) groups is 1. The predicted molar refractivity (Wildman–Crippen MR) is 96.7 cm³/mol. The molecule has 8 heteroatoms. The van der Waals surface area contributed by atoms with Gasteiger partial charge in [-0.1, -0.05) is 35.5 Å². The van der Waals surface area contributed by atoms with Crippen LogP contribution < -0.4 is 11.1 Å². The van der Waals surface area contributed by atoms with E-state index in [0.29, 0.717) is 28.7 Å². The molecule has 0 spiro atoms. The van der Waals surface area contributed by atoms with E-state index in [1.54, 1.807) is 29.2 Å². The molecule has 1 saturated heterocycles. The van der Waals surface area contributed by atoms with Gasteiger partial charge in [0.2, 0.25) is 5.91 Å². The Balaban J connectivity index is 1.81. The molecule has 3 N–H and O–H groups in total.